The van der Waals surface area contributed by atoms with Crippen LogP contribution in [-0.4, -0.2) is 24.0 Å². The molecule has 1 unspecified atom stereocenters. The molecule has 1 aromatic rings. The van der Waals surface area contributed by atoms with Crippen LogP contribution in [0.1, 0.15) is 50.7 Å². The fraction of sp³-hybridized carbons (Fsp3) is 0.409. The van der Waals surface area contributed by atoms with Gasteiger partial charge in [0.2, 0.25) is 0 Å². The van der Waals surface area contributed by atoms with Crippen LogP contribution in [0.5, 0.6) is 0 Å². The third-order valence-electron chi connectivity index (χ3n) is 4.84. The molecule has 1 aromatic carbocycles. The van der Waals surface area contributed by atoms with Crippen molar-refractivity contribution in [3.8, 4) is 6.07 Å². The van der Waals surface area contributed by atoms with Crippen molar-refractivity contribution in [2.24, 2.45) is 0 Å². The summed E-state index contributed by atoms with van der Waals surface area (Å²) < 4.78 is 0. The Kier molecular flexibility index (Phi) is 6.58. The van der Waals surface area contributed by atoms with Crippen LogP contribution in [0.3, 0.4) is 0 Å². The Morgan fingerprint density at radius 2 is 1.92 bits per heavy atom. The Hall–Kier alpha value is -2.11. The quantitative estimate of drug-likeness (QED) is 0.697. The van der Waals surface area contributed by atoms with Gasteiger partial charge in [0.05, 0.1) is 11.6 Å². The molecule has 0 aliphatic carbocycles. The summed E-state index contributed by atoms with van der Waals surface area (Å²) in [6.07, 6.45) is 8.84. The van der Waals surface area contributed by atoms with E-state index in [0.29, 0.717) is 12.0 Å². The third kappa shape index (κ3) is 4.69. The Bertz CT molecular complexity index is 650. The van der Waals surface area contributed by atoms with Crippen LogP contribution in [0.4, 0.5) is 0 Å². The molecule has 0 spiro atoms. The first-order valence-electron chi connectivity index (χ1n) is 8.79. The average molecular weight is 320 g/mol. The van der Waals surface area contributed by atoms with Crippen LogP contribution in [0.2, 0.25) is 0 Å². The molecular formula is C22H28N2. The van der Waals surface area contributed by atoms with Gasteiger partial charge in [-0.15, -0.1) is 0 Å². The van der Waals surface area contributed by atoms with Crippen LogP contribution >= 0.6 is 0 Å². The van der Waals surface area contributed by atoms with Crippen molar-refractivity contribution < 1.29 is 0 Å². The van der Waals surface area contributed by atoms with E-state index in [-0.39, 0.29) is 0 Å². The zero-order valence-corrected chi connectivity index (χ0v) is 15.1. The molecule has 0 radical (unpaired) electrons. The SMILES string of the molecule is C=C(C)/C=C(\C=C/C)C(C)N1CCC(c2ccc(C#N)cc2)CC1. The Morgan fingerprint density at radius 1 is 1.29 bits per heavy atom. The highest BCUT2D eigenvalue weighted by Crippen LogP contribution is 2.30. The molecule has 0 bridgehead atoms. The lowest BCUT2D eigenvalue weighted by Crippen LogP contribution is -2.40. The van der Waals surface area contributed by atoms with Crippen LogP contribution in [-0.2, 0) is 0 Å². The van der Waals surface area contributed by atoms with Crippen LogP contribution in [0, 0.1) is 11.3 Å². The maximum atomic E-state index is 8.92. The van der Waals surface area contributed by atoms with Crippen molar-refractivity contribution in [1.82, 2.24) is 4.90 Å². The molecule has 126 valence electrons. The van der Waals surface area contributed by atoms with Crippen LogP contribution in [0.25, 0.3) is 0 Å². The Balaban J connectivity index is 2.00. The second-order valence-electron chi connectivity index (χ2n) is 6.71. The normalized spacial score (nSPS) is 18.5. The van der Waals surface area contributed by atoms with Gasteiger partial charge in [-0.3, -0.25) is 4.90 Å². The van der Waals surface area contributed by atoms with Crippen molar-refractivity contribution in [1.29, 1.82) is 5.26 Å². The average Bonchev–Trinajstić information content (AvgIpc) is 2.60. The molecule has 1 heterocycles. The van der Waals surface area contributed by atoms with Crippen LogP contribution < -0.4 is 0 Å². The molecule has 1 aliphatic rings. The zero-order valence-electron chi connectivity index (χ0n) is 15.1. The fourth-order valence-electron chi connectivity index (χ4n) is 3.45. The van der Waals surface area contributed by atoms with Gasteiger partial charge in [-0.1, -0.05) is 42.5 Å². The van der Waals surface area contributed by atoms with E-state index in [9.17, 15) is 0 Å². The van der Waals surface area contributed by atoms with E-state index in [1.807, 2.05) is 19.1 Å². The summed E-state index contributed by atoms with van der Waals surface area (Å²) in [4.78, 5) is 2.56. The summed E-state index contributed by atoms with van der Waals surface area (Å²) in [7, 11) is 0. The maximum absolute atomic E-state index is 8.92. The molecule has 2 nitrogen and oxygen atoms in total. The van der Waals surface area contributed by atoms with E-state index in [4.69, 9.17) is 5.26 Å². The van der Waals surface area contributed by atoms with Gasteiger partial charge in [0.15, 0.2) is 0 Å². The number of hydrogen-bond acceptors (Lipinski definition) is 2. The molecule has 2 rings (SSSR count). The second-order valence-corrected chi connectivity index (χ2v) is 6.71. The van der Waals surface area contributed by atoms with E-state index < -0.39 is 0 Å². The molecule has 24 heavy (non-hydrogen) atoms. The molecule has 0 N–H and O–H groups in total. The number of hydrogen-bond donors (Lipinski definition) is 0. The summed E-state index contributed by atoms with van der Waals surface area (Å²) >= 11 is 0. The molecule has 1 aliphatic heterocycles. The lowest BCUT2D eigenvalue weighted by Gasteiger charge is -2.37. The van der Waals surface area contributed by atoms with E-state index in [2.05, 4.69) is 61.8 Å². The summed E-state index contributed by atoms with van der Waals surface area (Å²) in [5.41, 5.74) is 4.54. The number of piperidine rings is 1. The minimum atomic E-state index is 0.416. The van der Waals surface area contributed by atoms with Gasteiger partial charge < -0.3 is 0 Å². The van der Waals surface area contributed by atoms with Gasteiger partial charge >= 0.3 is 0 Å². The van der Waals surface area contributed by atoms with Crippen molar-refractivity contribution in [3.05, 3.63) is 71.3 Å². The number of rotatable bonds is 5. The highest BCUT2D eigenvalue weighted by atomic mass is 15.2. The van der Waals surface area contributed by atoms with E-state index in [1.165, 1.54) is 24.0 Å². The van der Waals surface area contributed by atoms with E-state index >= 15 is 0 Å². The zero-order chi connectivity index (χ0) is 17.5. The van der Waals surface area contributed by atoms with Gasteiger partial charge in [-0.2, -0.15) is 5.26 Å². The first-order valence-corrected chi connectivity index (χ1v) is 8.79. The van der Waals surface area contributed by atoms with E-state index in [0.717, 1.165) is 24.2 Å². The van der Waals surface area contributed by atoms with Gasteiger partial charge in [-0.25, -0.2) is 0 Å². The summed E-state index contributed by atoms with van der Waals surface area (Å²) in [6.45, 7) is 12.6. The number of benzene rings is 1. The molecule has 0 aromatic heterocycles. The topological polar surface area (TPSA) is 27.0 Å². The molecule has 2 heteroatoms. The number of nitriles is 1. The summed E-state index contributed by atoms with van der Waals surface area (Å²) in [5, 5.41) is 8.92. The maximum Gasteiger partial charge on any atom is 0.0991 e. The number of allylic oxidation sites excluding steroid dienone is 3. The number of likely N-dealkylation sites (tertiary alicyclic amines) is 1. The predicted molar refractivity (Wildman–Crippen MR) is 102 cm³/mol. The van der Waals surface area contributed by atoms with Gasteiger partial charge in [0.25, 0.3) is 0 Å². The fourth-order valence-corrected chi connectivity index (χ4v) is 3.45. The van der Waals surface area contributed by atoms with Gasteiger partial charge in [0, 0.05) is 6.04 Å². The Labute approximate surface area is 146 Å². The van der Waals surface area contributed by atoms with Crippen molar-refractivity contribution in [3.63, 3.8) is 0 Å². The van der Waals surface area contributed by atoms with Crippen molar-refractivity contribution in [2.75, 3.05) is 13.1 Å². The smallest absolute Gasteiger partial charge is 0.0991 e. The standard InChI is InChI=1S/C22H28N2/c1-5-6-22(15-17(2)3)18(4)24-13-11-21(12-14-24)20-9-7-19(16-23)8-10-20/h5-10,15,18,21H,2,11-14H2,1,3-4H3/b6-5-,22-15+. The second kappa shape index (κ2) is 8.66. The summed E-state index contributed by atoms with van der Waals surface area (Å²) in [5.74, 6) is 0.608. The Morgan fingerprint density at radius 3 is 2.42 bits per heavy atom. The lowest BCUT2D eigenvalue weighted by atomic mass is 9.88. The van der Waals surface area contributed by atoms with Crippen molar-refractivity contribution >= 4 is 0 Å². The van der Waals surface area contributed by atoms with Gasteiger partial charge in [-0.05, 0) is 75.9 Å². The molecule has 1 fully saturated rings. The number of nitrogens with zero attached hydrogens (tertiary/aromatic N) is 2. The predicted octanol–water partition coefficient (Wildman–Crippen LogP) is 5.20. The van der Waals surface area contributed by atoms with Crippen molar-refractivity contribution in [2.45, 2.75) is 45.6 Å². The largest absolute Gasteiger partial charge is 0.297 e. The van der Waals surface area contributed by atoms with E-state index in [1.54, 1.807) is 0 Å². The first kappa shape index (κ1) is 18.2. The molecule has 0 saturated carbocycles. The van der Waals surface area contributed by atoms with Crippen LogP contribution in [0.15, 0.2) is 60.2 Å². The molecule has 0 amide bonds. The molecule has 1 saturated heterocycles. The minimum Gasteiger partial charge on any atom is -0.297 e. The molecule has 1 atom stereocenters. The lowest BCUT2D eigenvalue weighted by molar-refractivity contribution is 0.182. The van der Waals surface area contributed by atoms with Gasteiger partial charge in [0.1, 0.15) is 0 Å². The summed E-state index contributed by atoms with van der Waals surface area (Å²) in [6, 6.07) is 10.7. The first-order chi connectivity index (χ1) is 11.5. The highest BCUT2D eigenvalue weighted by Gasteiger charge is 2.24. The third-order valence-corrected chi connectivity index (χ3v) is 4.84. The minimum absolute atomic E-state index is 0.416. The molecular weight excluding hydrogens is 292 g/mol. The highest BCUT2D eigenvalue weighted by molar-refractivity contribution is 5.34. The monoisotopic (exact) mass is 320 g/mol.